The van der Waals surface area contributed by atoms with E-state index in [2.05, 4.69) is 6.58 Å². The van der Waals surface area contributed by atoms with Crippen LogP contribution in [-0.2, 0) is 0 Å². The van der Waals surface area contributed by atoms with Gasteiger partial charge in [0.05, 0.1) is 0 Å². The van der Waals surface area contributed by atoms with Crippen LogP contribution in [0.2, 0.25) is 0 Å². The average molecular weight is 119 g/mol. The molecule has 0 heterocycles. The Labute approximate surface area is 47.9 Å². The molecule has 0 aromatic heterocycles. The van der Waals surface area contributed by atoms with Crippen molar-refractivity contribution in [3.05, 3.63) is 23.4 Å². The van der Waals surface area contributed by atoms with Crippen LogP contribution in [0.1, 0.15) is 6.92 Å². The molecule has 0 amide bonds. The summed E-state index contributed by atoms with van der Waals surface area (Å²) in [5.74, 6) is 0. The molecule has 0 unspecified atom stereocenters. The Kier molecular flexibility index (Phi) is 2.53. The Morgan fingerprint density at radius 3 is 2.29 bits per heavy atom. The lowest BCUT2D eigenvalue weighted by molar-refractivity contribution is 0.452. The minimum atomic E-state index is -0.215. The Hall–Kier alpha value is -0.430. The Morgan fingerprint density at radius 2 is 2.29 bits per heavy atom. The molecule has 7 heavy (non-hydrogen) atoms. The molecule has 40 valence electrons. The van der Waals surface area contributed by atoms with E-state index in [0.717, 1.165) is 5.57 Å². The van der Waals surface area contributed by atoms with Gasteiger partial charge in [-0.1, -0.05) is 12.2 Å². The zero-order valence-corrected chi connectivity index (χ0v) is 4.87. The zero-order chi connectivity index (χ0) is 5.86. The predicted molar refractivity (Wildman–Crippen MR) is 31.4 cm³/mol. The second-order valence-corrected chi connectivity index (χ2v) is 1.70. The highest BCUT2D eigenvalue weighted by Crippen LogP contribution is 1.98. The van der Waals surface area contributed by atoms with Crippen molar-refractivity contribution in [2.24, 2.45) is 0 Å². The molecule has 0 saturated heterocycles. The molecule has 0 aromatic rings. The fourth-order valence-electron chi connectivity index (χ4n) is 0.203. The Bertz CT molecular complexity index is 101. The molecular weight excluding hydrogens is 112 g/mol. The van der Waals surface area contributed by atoms with Crippen molar-refractivity contribution < 1.29 is 5.11 Å². The van der Waals surface area contributed by atoms with Gasteiger partial charge in [0.2, 0.25) is 0 Å². The van der Waals surface area contributed by atoms with Crippen molar-refractivity contribution in [1.29, 1.82) is 0 Å². The first-order valence-corrected chi connectivity index (χ1v) is 2.22. The lowest BCUT2D eigenvalue weighted by Crippen LogP contribution is -1.65. The first-order valence-electron chi connectivity index (χ1n) is 1.84. The first kappa shape index (κ1) is 6.57. The van der Waals surface area contributed by atoms with Crippen LogP contribution in [-0.4, -0.2) is 5.11 Å². The second kappa shape index (κ2) is 2.69. The number of aliphatic hydroxyl groups excluding tert-OH is 1. The summed E-state index contributed by atoms with van der Waals surface area (Å²) in [6.45, 7) is 5.22. The average Bonchev–Trinajstić information content (AvgIpc) is 1.27. The summed E-state index contributed by atoms with van der Waals surface area (Å²) in [6, 6.07) is 0. The van der Waals surface area contributed by atoms with Crippen molar-refractivity contribution in [3.8, 4) is 0 Å². The molecular formula is C5H7ClO. The van der Waals surface area contributed by atoms with E-state index in [1.807, 2.05) is 0 Å². The van der Waals surface area contributed by atoms with Crippen LogP contribution in [0.5, 0.6) is 0 Å². The highest BCUT2D eigenvalue weighted by molar-refractivity contribution is 6.28. The molecule has 1 N–H and O–H groups in total. The van der Waals surface area contributed by atoms with Gasteiger partial charge < -0.3 is 5.11 Å². The third kappa shape index (κ3) is 5.57. The van der Waals surface area contributed by atoms with Crippen LogP contribution in [0.4, 0.5) is 0 Å². The molecule has 0 radical (unpaired) electrons. The van der Waals surface area contributed by atoms with E-state index in [1.54, 1.807) is 6.92 Å². The molecule has 0 spiro atoms. The normalized spacial score (nSPS) is 11.4. The fraction of sp³-hybridized carbons (Fsp3) is 0.200. The standard InChI is InChI=1S/C5H7ClO/c1-4(2)3-5(6)7/h3,7H,1H2,2H3. The molecule has 1 nitrogen and oxygen atoms in total. The van der Waals surface area contributed by atoms with Gasteiger partial charge in [-0.3, -0.25) is 0 Å². The maximum absolute atomic E-state index is 8.29. The van der Waals surface area contributed by atoms with Gasteiger partial charge in [-0.25, -0.2) is 0 Å². The largest absolute Gasteiger partial charge is 0.499 e. The third-order valence-electron chi connectivity index (χ3n) is 0.366. The number of allylic oxidation sites excluding steroid dienone is 2. The Balaban J connectivity index is 3.68. The van der Waals surface area contributed by atoms with Gasteiger partial charge in [0.25, 0.3) is 0 Å². The summed E-state index contributed by atoms with van der Waals surface area (Å²) in [4.78, 5) is 0. The smallest absolute Gasteiger partial charge is 0.184 e. The van der Waals surface area contributed by atoms with Crippen molar-refractivity contribution in [3.63, 3.8) is 0 Å². The summed E-state index contributed by atoms with van der Waals surface area (Å²) in [5.41, 5.74) is 0.743. The summed E-state index contributed by atoms with van der Waals surface area (Å²) in [5, 5.41) is 8.07. The van der Waals surface area contributed by atoms with E-state index in [-0.39, 0.29) is 5.22 Å². The lowest BCUT2D eigenvalue weighted by Gasteiger charge is -1.82. The van der Waals surface area contributed by atoms with Crippen LogP contribution in [0, 0.1) is 0 Å². The molecule has 0 rings (SSSR count). The molecule has 0 aliphatic carbocycles. The molecule has 0 aliphatic rings. The van der Waals surface area contributed by atoms with Gasteiger partial charge in [0.15, 0.2) is 5.22 Å². The van der Waals surface area contributed by atoms with Crippen molar-refractivity contribution in [1.82, 2.24) is 0 Å². The topological polar surface area (TPSA) is 20.2 Å². The van der Waals surface area contributed by atoms with Crippen molar-refractivity contribution in [2.45, 2.75) is 6.92 Å². The van der Waals surface area contributed by atoms with E-state index in [4.69, 9.17) is 16.7 Å². The molecule has 0 atom stereocenters. The SMILES string of the molecule is C=C(C)C=C(O)Cl. The number of halogens is 1. The molecule has 0 fully saturated rings. The van der Waals surface area contributed by atoms with Crippen LogP contribution in [0.3, 0.4) is 0 Å². The lowest BCUT2D eigenvalue weighted by atomic mass is 10.3. The van der Waals surface area contributed by atoms with Gasteiger partial charge in [-0.2, -0.15) is 0 Å². The maximum Gasteiger partial charge on any atom is 0.184 e. The summed E-state index contributed by atoms with van der Waals surface area (Å²) >= 11 is 5.03. The first-order chi connectivity index (χ1) is 3.13. The monoisotopic (exact) mass is 118 g/mol. The maximum atomic E-state index is 8.29. The highest BCUT2D eigenvalue weighted by atomic mass is 35.5. The molecule has 2 heteroatoms. The molecule has 0 aliphatic heterocycles. The van der Waals surface area contributed by atoms with E-state index < -0.39 is 0 Å². The van der Waals surface area contributed by atoms with Crippen molar-refractivity contribution in [2.75, 3.05) is 0 Å². The van der Waals surface area contributed by atoms with Gasteiger partial charge in [0.1, 0.15) is 0 Å². The minimum Gasteiger partial charge on any atom is -0.499 e. The zero-order valence-electron chi connectivity index (χ0n) is 4.11. The summed E-state index contributed by atoms with van der Waals surface area (Å²) in [7, 11) is 0. The molecule has 0 bridgehead atoms. The number of aliphatic hydroxyl groups is 1. The van der Waals surface area contributed by atoms with E-state index in [0.29, 0.717) is 0 Å². The highest BCUT2D eigenvalue weighted by Gasteiger charge is 1.79. The van der Waals surface area contributed by atoms with E-state index >= 15 is 0 Å². The van der Waals surface area contributed by atoms with Gasteiger partial charge >= 0.3 is 0 Å². The number of rotatable bonds is 1. The van der Waals surface area contributed by atoms with Gasteiger partial charge in [-0.15, -0.1) is 0 Å². The summed E-state index contributed by atoms with van der Waals surface area (Å²) < 4.78 is 0. The number of hydrogen-bond donors (Lipinski definition) is 1. The molecule has 0 saturated carbocycles. The van der Waals surface area contributed by atoms with Crippen LogP contribution in [0.25, 0.3) is 0 Å². The predicted octanol–water partition coefficient (Wildman–Crippen LogP) is 2.20. The minimum absolute atomic E-state index is 0.215. The van der Waals surface area contributed by atoms with Gasteiger partial charge in [-0.05, 0) is 24.6 Å². The van der Waals surface area contributed by atoms with E-state index in [1.165, 1.54) is 6.08 Å². The van der Waals surface area contributed by atoms with E-state index in [9.17, 15) is 0 Å². The molecule has 0 aromatic carbocycles. The van der Waals surface area contributed by atoms with Crippen molar-refractivity contribution >= 4 is 11.6 Å². The van der Waals surface area contributed by atoms with Crippen LogP contribution >= 0.6 is 11.6 Å². The third-order valence-corrected chi connectivity index (χ3v) is 0.475. The van der Waals surface area contributed by atoms with Gasteiger partial charge in [0, 0.05) is 0 Å². The number of hydrogen-bond acceptors (Lipinski definition) is 1. The van der Waals surface area contributed by atoms with Crippen LogP contribution < -0.4 is 0 Å². The fourth-order valence-corrected chi connectivity index (χ4v) is 0.390. The second-order valence-electron chi connectivity index (χ2n) is 1.31. The Morgan fingerprint density at radius 1 is 1.86 bits per heavy atom. The quantitative estimate of drug-likeness (QED) is 0.414. The summed E-state index contributed by atoms with van der Waals surface area (Å²) in [6.07, 6.45) is 1.38. The van der Waals surface area contributed by atoms with Crippen LogP contribution in [0.15, 0.2) is 23.4 Å².